The Labute approximate surface area is 177 Å². The number of pyridine rings is 1. The molecule has 4 heterocycles. The summed E-state index contributed by atoms with van der Waals surface area (Å²) in [5.74, 6) is 1.54. The molecular formula is C19H26N7O3S-. The van der Waals surface area contributed by atoms with Crippen LogP contribution in [-0.2, 0) is 11.1 Å². The second kappa shape index (κ2) is 8.70. The third kappa shape index (κ3) is 4.47. The summed E-state index contributed by atoms with van der Waals surface area (Å²) in [5, 5.41) is 14.9. The number of ether oxygens (including phenoxy) is 1. The fraction of sp³-hybridized carbons (Fsp3) is 0.526. The summed E-state index contributed by atoms with van der Waals surface area (Å²) in [6, 6.07) is 2.11. The van der Waals surface area contributed by atoms with Gasteiger partial charge in [0, 0.05) is 42.7 Å². The molecule has 3 atom stereocenters. The van der Waals surface area contributed by atoms with E-state index in [4.69, 9.17) is 9.72 Å². The van der Waals surface area contributed by atoms with Crippen LogP contribution in [0.2, 0.25) is 0 Å². The van der Waals surface area contributed by atoms with Crippen LogP contribution in [0.15, 0.2) is 24.7 Å². The molecule has 0 spiro atoms. The van der Waals surface area contributed by atoms with Gasteiger partial charge in [-0.15, -0.1) is 5.10 Å². The number of likely N-dealkylation sites (tertiary alicyclic amines) is 1. The first-order chi connectivity index (χ1) is 14.4. The minimum atomic E-state index is -2.05. The predicted octanol–water partition coefficient (Wildman–Crippen LogP) is 1.87. The molecular weight excluding hydrogens is 406 g/mol. The smallest absolute Gasteiger partial charge is 0.243 e. The first-order valence-electron chi connectivity index (χ1n) is 10.0. The summed E-state index contributed by atoms with van der Waals surface area (Å²) in [6.07, 6.45) is 6.23. The SMILES string of the molecule is CC(C)Oc1c(-c2cn[nH]c2)ccn2nc(N[C@H]3CCN(CS(=O)[O-])C[C@H]3C)nc12. The number of piperidine rings is 1. The van der Waals surface area contributed by atoms with Crippen molar-refractivity contribution in [3.8, 4) is 16.9 Å². The largest absolute Gasteiger partial charge is 0.771 e. The number of aromatic amines is 1. The van der Waals surface area contributed by atoms with Crippen molar-refractivity contribution >= 4 is 22.7 Å². The highest BCUT2D eigenvalue weighted by Gasteiger charge is 2.27. The highest BCUT2D eigenvalue weighted by molar-refractivity contribution is 7.79. The van der Waals surface area contributed by atoms with Gasteiger partial charge >= 0.3 is 0 Å². The Balaban J connectivity index is 1.58. The highest BCUT2D eigenvalue weighted by Crippen LogP contribution is 2.34. The summed E-state index contributed by atoms with van der Waals surface area (Å²) >= 11 is -2.05. The minimum Gasteiger partial charge on any atom is -0.771 e. The molecule has 30 heavy (non-hydrogen) atoms. The molecule has 2 N–H and O–H groups in total. The molecule has 11 heteroatoms. The van der Waals surface area contributed by atoms with Gasteiger partial charge < -0.3 is 14.6 Å². The van der Waals surface area contributed by atoms with Crippen molar-refractivity contribution in [3.63, 3.8) is 0 Å². The molecule has 0 aromatic carbocycles. The summed E-state index contributed by atoms with van der Waals surface area (Å²) in [6.45, 7) is 7.49. The lowest BCUT2D eigenvalue weighted by atomic mass is 9.94. The number of rotatable bonds is 7. The van der Waals surface area contributed by atoms with Gasteiger partial charge in [0.1, 0.15) is 0 Å². The van der Waals surface area contributed by atoms with Gasteiger partial charge in [-0.1, -0.05) is 6.92 Å². The minimum absolute atomic E-state index is 0.0223. The number of anilines is 1. The van der Waals surface area contributed by atoms with Crippen molar-refractivity contribution in [1.82, 2.24) is 29.7 Å². The second-order valence-electron chi connectivity index (χ2n) is 7.94. The Hall–Kier alpha value is -2.50. The standard InChI is InChI=1S/C19H27N7O3S/c1-12(2)29-17-15(14-8-20-21-9-14)4-7-26-18(17)23-19(24-26)22-16-5-6-25(10-13(16)3)11-30(27)28/h4,7-9,12-13,16H,5-6,10-11H2,1-3H3,(H,20,21)(H,22,24)(H,27,28)/p-1/t13-,16+/m1/s1. The predicted molar refractivity (Wildman–Crippen MR) is 113 cm³/mol. The topological polar surface area (TPSA) is 123 Å². The van der Waals surface area contributed by atoms with Crippen LogP contribution in [0.1, 0.15) is 27.2 Å². The van der Waals surface area contributed by atoms with E-state index in [0.29, 0.717) is 23.9 Å². The fourth-order valence-corrected chi connectivity index (χ4v) is 4.37. The fourth-order valence-electron chi connectivity index (χ4n) is 3.84. The van der Waals surface area contributed by atoms with E-state index in [1.54, 1.807) is 10.7 Å². The Morgan fingerprint density at radius 1 is 1.47 bits per heavy atom. The zero-order valence-electron chi connectivity index (χ0n) is 17.2. The van der Waals surface area contributed by atoms with E-state index in [9.17, 15) is 8.76 Å². The number of hydrogen-bond donors (Lipinski definition) is 2. The average molecular weight is 433 g/mol. The summed E-state index contributed by atoms with van der Waals surface area (Å²) in [4.78, 5) is 6.66. The number of nitrogens with zero attached hydrogens (tertiary/aromatic N) is 5. The third-order valence-electron chi connectivity index (χ3n) is 5.22. The molecule has 10 nitrogen and oxygen atoms in total. The van der Waals surface area contributed by atoms with E-state index in [-0.39, 0.29) is 23.9 Å². The van der Waals surface area contributed by atoms with E-state index in [1.807, 2.05) is 37.2 Å². The summed E-state index contributed by atoms with van der Waals surface area (Å²) < 4.78 is 29.8. The van der Waals surface area contributed by atoms with Crippen LogP contribution in [0, 0.1) is 5.92 Å². The van der Waals surface area contributed by atoms with Crippen molar-refractivity contribution in [2.24, 2.45) is 5.92 Å². The molecule has 0 saturated carbocycles. The van der Waals surface area contributed by atoms with Gasteiger partial charge in [0.05, 0.1) is 18.2 Å². The second-order valence-corrected chi connectivity index (χ2v) is 8.81. The summed E-state index contributed by atoms with van der Waals surface area (Å²) in [5.41, 5.74) is 2.45. The maximum atomic E-state index is 11.0. The van der Waals surface area contributed by atoms with Gasteiger partial charge in [-0.05, 0) is 43.3 Å². The molecule has 1 aliphatic rings. The van der Waals surface area contributed by atoms with Gasteiger partial charge in [-0.25, -0.2) is 4.52 Å². The van der Waals surface area contributed by atoms with Crippen LogP contribution in [0.5, 0.6) is 5.75 Å². The molecule has 0 bridgehead atoms. The van der Waals surface area contributed by atoms with Crippen LogP contribution in [0.25, 0.3) is 16.8 Å². The maximum Gasteiger partial charge on any atom is 0.243 e. The van der Waals surface area contributed by atoms with Gasteiger partial charge in [0.2, 0.25) is 5.95 Å². The van der Waals surface area contributed by atoms with E-state index in [1.165, 1.54) is 0 Å². The number of aromatic nitrogens is 5. The molecule has 4 rings (SSSR count). The van der Waals surface area contributed by atoms with Crippen molar-refractivity contribution in [2.45, 2.75) is 39.3 Å². The Bertz CT molecular complexity index is 1020. The number of hydrogen-bond acceptors (Lipinski definition) is 8. The van der Waals surface area contributed by atoms with Gasteiger partial charge in [0.25, 0.3) is 0 Å². The molecule has 162 valence electrons. The lowest BCUT2D eigenvalue weighted by Crippen LogP contribution is -2.46. The molecule has 0 aliphatic carbocycles. The van der Waals surface area contributed by atoms with Crippen LogP contribution in [-0.4, -0.2) is 69.6 Å². The highest BCUT2D eigenvalue weighted by atomic mass is 32.2. The molecule has 1 unspecified atom stereocenters. The van der Waals surface area contributed by atoms with Gasteiger partial charge in [-0.3, -0.25) is 14.2 Å². The molecule has 3 aromatic rings. The van der Waals surface area contributed by atoms with Gasteiger partial charge in [0.15, 0.2) is 11.4 Å². The zero-order valence-corrected chi connectivity index (χ0v) is 18.1. The van der Waals surface area contributed by atoms with E-state index in [0.717, 1.165) is 24.1 Å². The lowest BCUT2D eigenvalue weighted by molar-refractivity contribution is 0.194. The van der Waals surface area contributed by atoms with Crippen LogP contribution >= 0.6 is 0 Å². The summed E-state index contributed by atoms with van der Waals surface area (Å²) in [7, 11) is 0. The molecule has 0 amide bonds. The van der Waals surface area contributed by atoms with E-state index < -0.39 is 11.1 Å². The van der Waals surface area contributed by atoms with Crippen molar-refractivity contribution in [3.05, 3.63) is 24.7 Å². The normalized spacial score (nSPS) is 21.2. The quantitative estimate of drug-likeness (QED) is 0.542. The van der Waals surface area contributed by atoms with E-state index in [2.05, 4.69) is 27.5 Å². The molecule has 1 aliphatic heterocycles. The Kier molecular flexibility index (Phi) is 6.02. The monoisotopic (exact) mass is 432 g/mol. The van der Waals surface area contributed by atoms with Gasteiger partial charge in [-0.2, -0.15) is 10.1 Å². The first kappa shape index (κ1) is 20.8. The molecule has 3 aromatic heterocycles. The molecule has 0 radical (unpaired) electrons. The Morgan fingerprint density at radius 2 is 2.30 bits per heavy atom. The van der Waals surface area contributed by atoms with Crippen molar-refractivity contribution in [1.29, 1.82) is 0 Å². The Morgan fingerprint density at radius 3 is 2.97 bits per heavy atom. The maximum absolute atomic E-state index is 11.0. The average Bonchev–Trinajstić information content (AvgIpc) is 3.33. The number of nitrogens with one attached hydrogen (secondary N) is 2. The molecule has 1 fully saturated rings. The van der Waals surface area contributed by atoms with Crippen molar-refractivity contribution < 1.29 is 13.5 Å². The van der Waals surface area contributed by atoms with E-state index >= 15 is 0 Å². The zero-order chi connectivity index (χ0) is 21.3. The third-order valence-corrected chi connectivity index (χ3v) is 5.79. The van der Waals surface area contributed by atoms with Crippen molar-refractivity contribution in [2.75, 3.05) is 24.3 Å². The number of fused-ring (bicyclic) bond motifs is 1. The van der Waals surface area contributed by atoms with Crippen LogP contribution < -0.4 is 10.1 Å². The van der Waals surface area contributed by atoms with Crippen LogP contribution in [0.3, 0.4) is 0 Å². The lowest BCUT2D eigenvalue weighted by Gasteiger charge is -2.37. The van der Waals surface area contributed by atoms with Crippen LogP contribution in [0.4, 0.5) is 5.95 Å². The first-order valence-corrected chi connectivity index (χ1v) is 11.2. The number of H-pyrrole nitrogens is 1. The molecule has 1 saturated heterocycles.